The van der Waals surface area contributed by atoms with E-state index in [9.17, 15) is 4.79 Å². The Bertz CT molecular complexity index is 871. The summed E-state index contributed by atoms with van der Waals surface area (Å²) >= 11 is 0. The average molecular weight is 323 g/mol. The van der Waals surface area contributed by atoms with E-state index in [1.165, 1.54) is 5.56 Å². The second-order valence-corrected chi connectivity index (χ2v) is 5.90. The first-order valence-corrected chi connectivity index (χ1v) is 8.04. The van der Waals surface area contributed by atoms with Crippen LogP contribution in [0.5, 0.6) is 5.75 Å². The first kappa shape index (κ1) is 16.3. The van der Waals surface area contributed by atoms with Gasteiger partial charge in [0, 0.05) is 30.6 Å². The van der Waals surface area contributed by atoms with Crippen molar-refractivity contribution >= 4 is 11.0 Å². The lowest BCUT2D eigenvalue weighted by molar-refractivity contribution is 0.414. The smallest absolute Gasteiger partial charge is 0.336 e. The normalized spacial score (nSPS) is 12.2. The van der Waals surface area contributed by atoms with Crippen molar-refractivity contribution in [3.63, 3.8) is 0 Å². The van der Waals surface area contributed by atoms with Crippen LogP contribution in [0.2, 0.25) is 0 Å². The highest BCUT2D eigenvalue weighted by Gasteiger charge is 2.08. The van der Waals surface area contributed by atoms with Gasteiger partial charge in [-0.25, -0.2) is 4.79 Å². The Hall–Kier alpha value is -2.59. The highest BCUT2D eigenvalue weighted by molar-refractivity contribution is 5.81. The number of rotatable bonds is 6. The number of hydrogen-bond donors (Lipinski definition) is 1. The van der Waals surface area contributed by atoms with E-state index < -0.39 is 0 Å². The van der Waals surface area contributed by atoms with Gasteiger partial charge >= 0.3 is 5.63 Å². The summed E-state index contributed by atoms with van der Waals surface area (Å²) in [7, 11) is 1.59. The second kappa shape index (κ2) is 7.32. The molecule has 0 saturated heterocycles. The summed E-state index contributed by atoms with van der Waals surface area (Å²) in [6, 6.07) is 17.5. The Labute approximate surface area is 141 Å². The quantitative estimate of drug-likeness (QED) is 0.703. The highest BCUT2D eigenvalue weighted by atomic mass is 16.5. The van der Waals surface area contributed by atoms with Gasteiger partial charge < -0.3 is 14.5 Å². The molecule has 3 aromatic rings. The van der Waals surface area contributed by atoms with E-state index in [4.69, 9.17) is 9.15 Å². The molecule has 0 radical (unpaired) electrons. The minimum absolute atomic E-state index is 0.344. The summed E-state index contributed by atoms with van der Waals surface area (Å²) in [6.07, 6.45) is 0. The van der Waals surface area contributed by atoms with Crippen LogP contribution in [-0.2, 0) is 6.54 Å². The number of benzene rings is 2. The molecule has 0 fully saturated rings. The van der Waals surface area contributed by atoms with Crippen molar-refractivity contribution in [1.29, 1.82) is 0 Å². The number of fused-ring (bicyclic) bond motifs is 1. The largest absolute Gasteiger partial charge is 0.497 e. The van der Waals surface area contributed by atoms with Gasteiger partial charge in [-0.15, -0.1) is 0 Å². The van der Waals surface area contributed by atoms with Crippen molar-refractivity contribution in [2.75, 3.05) is 13.7 Å². The van der Waals surface area contributed by atoms with Gasteiger partial charge in [0.1, 0.15) is 11.3 Å². The van der Waals surface area contributed by atoms with Gasteiger partial charge in [-0.3, -0.25) is 0 Å². The minimum Gasteiger partial charge on any atom is -0.497 e. The van der Waals surface area contributed by atoms with Crippen molar-refractivity contribution < 1.29 is 9.15 Å². The minimum atomic E-state index is -0.344. The summed E-state index contributed by atoms with van der Waals surface area (Å²) in [5, 5.41) is 4.36. The Kier molecular flexibility index (Phi) is 4.96. The molecule has 2 aromatic carbocycles. The molecule has 1 atom stereocenters. The Morgan fingerprint density at radius 1 is 1.12 bits per heavy atom. The van der Waals surface area contributed by atoms with Gasteiger partial charge in [0.25, 0.3) is 0 Å². The summed E-state index contributed by atoms with van der Waals surface area (Å²) in [6.45, 7) is 3.64. The van der Waals surface area contributed by atoms with Crippen LogP contribution in [0.3, 0.4) is 0 Å². The van der Waals surface area contributed by atoms with Gasteiger partial charge in [0.2, 0.25) is 0 Å². The highest BCUT2D eigenvalue weighted by Crippen LogP contribution is 2.22. The molecular formula is C20H21NO3. The Balaban J connectivity index is 1.74. The van der Waals surface area contributed by atoms with Crippen LogP contribution in [0.1, 0.15) is 24.0 Å². The zero-order valence-electron chi connectivity index (χ0n) is 13.9. The number of methoxy groups -OCH3 is 1. The van der Waals surface area contributed by atoms with Crippen molar-refractivity contribution in [1.82, 2.24) is 5.32 Å². The van der Waals surface area contributed by atoms with Gasteiger partial charge in [-0.05, 0) is 29.2 Å². The van der Waals surface area contributed by atoms with Crippen LogP contribution in [0.4, 0.5) is 0 Å². The van der Waals surface area contributed by atoms with Gasteiger partial charge in [-0.1, -0.05) is 37.3 Å². The molecule has 0 amide bonds. The maximum absolute atomic E-state index is 11.8. The number of nitrogens with one attached hydrogen (secondary N) is 1. The van der Waals surface area contributed by atoms with Crippen molar-refractivity contribution in [2.24, 2.45) is 0 Å². The molecule has 4 heteroatoms. The summed E-state index contributed by atoms with van der Waals surface area (Å²) in [5.74, 6) is 1.08. The summed E-state index contributed by atoms with van der Waals surface area (Å²) in [5.41, 5.74) is 2.44. The molecule has 0 saturated carbocycles. The third-order valence-corrected chi connectivity index (χ3v) is 4.17. The lowest BCUT2D eigenvalue weighted by atomic mass is 10.0. The molecule has 0 aliphatic heterocycles. The summed E-state index contributed by atoms with van der Waals surface area (Å²) in [4.78, 5) is 11.8. The predicted octanol–water partition coefficient (Wildman–Crippen LogP) is 3.69. The molecule has 1 N–H and O–H groups in total. The molecule has 0 bridgehead atoms. The lowest BCUT2D eigenvalue weighted by Crippen LogP contribution is -2.20. The fourth-order valence-electron chi connectivity index (χ4n) is 2.81. The van der Waals surface area contributed by atoms with Crippen LogP contribution >= 0.6 is 0 Å². The first-order chi connectivity index (χ1) is 11.7. The van der Waals surface area contributed by atoms with Gasteiger partial charge in [-0.2, -0.15) is 0 Å². The zero-order valence-corrected chi connectivity index (χ0v) is 13.9. The van der Waals surface area contributed by atoms with Gasteiger partial charge in [0.05, 0.1) is 7.11 Å². The van der Waals surface area contributed by atoms with Crippen molar-refractivity contribution in [2.45, 2.75) is 19.4 Å². The first-order valence-electron chi connectivity index (χ1n) is 8.04. The fraction of sp³-hybridized carbons (Fsp3) is 0.250. The molecule has 3 rings (SSSR count). The molecule has 0 aliphatic carbocycles. The van der Waals surface area contributed by atoms with Crippen LogP contribution in [-0.4, -0.2) is 13.7 Å². The van der Waals surface area contributed by atoms with Crippen LogP contribution in [0, 0.1) is 0 Å². The molecule has 0 spiro atoms. The van der Waals surface area contributed by atoms with E-state index >= 15 is 0 Å². The molecule has 1 heterocycles. The topological polar surface area (TPSA) is 51.5 Å². The Morgan fingerprint density at radius 3 is 2.67 bits per heavy atom. The van der Waals surface area contributed by atoms with Crippen LogP contribution in [0.25, 0.3) is 11.0 Å². The van der Waals surface area contributed by atoms with E-state index in [0.717, 1.165) is 17.5 Å². The SMILES string of the molecule is COc1ccc2c(CNC[C@H](C)c3ccccc3)cc(=O)oc2c1. The lowest BCUT2D eigenvalue weighted by Gasteiger charge is -2.13. The van der Waals surface area contributed by atoms with E-state index in [1.54, 1.807) is 19.2 Å². The number of ether oxygens (including phenoxy) is 1. The van der Waals surface area contributed by atoms with Gasteiger partial charge in [0.15, 0.2) is 0 Å². The maximum atomic E-state index is 11.8. The van der Waals surface area contributed by atoms with E-state index in [1.807, 2.05) is 18.2 Å². The monoisotopic (exact) mass is 323 g/mol. The Morgan fingerprint density at radius 2 is 1.92 bits per heavy atom. The van der Waals surface area contributed by atoms with E-state index in [-0.39, 0.29) is 5.63 Å². The van der Waals surface area contributed by atoms with Crippen LogP contribution < -0.4 is 15.7 Å². The molecule has 0 aliphatic rings. The second-order valence-electron chi connectivity index (χ2n) is 5.90. The predicted molar refractivity (Wildman–Crippen MR) is 95.6 cm³/mol. The molecule has 4 nitrogen and oxygen atoms in total. The maximum Gasteiger partial charge on any atom is 0.336 e. The average Bonchev–Trinajstić information content (AvgIpc) is 2.61. The third-order valence-electron chi connectivity index (χ3n) is 4.17. The zero-order chi connectivity index (χ0) is 16.9. The van der Waals surface area contributed by atoms with Crippen molar-refractivity contribution in [3.05, 3.63) is 76.1 Å². The molecule has 124 valence electrons. The molecule has 0 unspecified atom stereocenters. The summed E-state index contributed by atoms with van der Waals surface area (Å²) < 4.78 is 10.5. The van der Waals surface area contributed by atoms with Crippen molar-refractivity contribution in [3.8, 4) is 5.75 Å². The molecule has 24 heavy (non-hydrogen) atoms. The third kappa shape index (κ3) is 3.66. The fourth-order valence-corrected chi connectivity index (χ4v) is 2.81. The molecular weight excluding hydrogens is 302 g/mol. The number of hydrogen-bond acceptors (Lipinski definition) is 4. The molecule has 1 aromatic heterocycles. The van der Waals surface area contributed by atoms with E-state index in [0.29, 0.717) is 23.8 Å². The van der Waals surface area contributed by atoms with Crippen LogP contribution in [0.15, 0.2) is 63.8 Å². The standard InChI is InChI=1S/C20H21NO3/c1-14(15-6-4-3-5-7-15)12-21-13-16-10-20(22)24-19-11-17(23-2)8-9-18(16)19/h3-11,14,21H,12-13H2,1-2H3/t14-/m0/s1. The van der Waals surface area contributed by atoms with E-state index in [2.05, 4.69) is 36.5 Å².